The second-order valence-corrected chi connectivity index (χ2v) is 6.20. The fourth-order valence-electron chi connectivity index (χ4n) is 1.93. The van der Waals surface area contributed by atoms with Crippen LogP contribution in [0.15, 0.2) is 0 Å². The summed E-state index contributed by atoms with van der Waals surface area (Å²) in [4.78, 5) is 25.6. The molecule has 0 unspecified atom stereocenters. The maximum absolute atomic E-state index is 11.6. The molecule has 0 radical (unpaired) electrons. The summed E-state index contributed by atoms with van der Waals surface area (Å²) in [5, 5.41) is 8.96. The summed E-state index contributed by atoms with van der Waals surface area (Å²) in [6.07, 6.45) is 0.337. The van der Waals surface area contributed by atoms with Crippen molar-refractivity contribution in [2.24, 2.45) is 5.41 Å². The normalized spacial score (nSPS) is 16.0. The van der Waals surface area contributed by atoms with E-state index in [-0.39, 0.29) is 24.2 Å². The van der Waals surface area contributed by atoms with E-state index in [2.05, 4.69) is 20.9 Å². The third-order valence-corrected chi connectivity index (χ3v) is 3.28. The Balaban J connectivity index is 0.00000400. The highest BCUT2D eigenvalue weighted by Crippen LogP contribution is 2.11. The van der Waals surface area contributed by atoms with Gasteiger partial charge in [0.1, 0.15) is 0 Å². The molecule has 6 nitrogen and oxygen atoms in total. The zero-order chi connectivity index (χ0) is 15.0. The van der Waals surface area contributed by atoms with E-state index in [9.17, 15) is 9.59 Å². The van der Waals surface area contributed by atoms with Crippen molar-refractivity contribution in [1.82, 2.24) is 20.9 Å². The molecular weight excluding hydrogens is 292 g/mol. The Morgan fingerprint density at radius 3 is 2.29 bits per heavy atom. The maximum Gasteiger partial charge on any atom is 0.225 e. The molecule has 1 aliphatic rings. The van der Waals surface area contributed by atoms with Crippen LogP contribution in [-0.2, 0) is 9.59 Å². The summed E-state index contributed by atoms with van der Waals surface area (Å²) >= 11 is 0. The van der Waals surface area contributed by atoms with Crippen LogP contribution in [0, 0.1) is 5.41 Å². The number of carbonyl (C=O) groups is 2. The molecule has 1 saturated heterocycles. The van der Waals surface area contributed by atoms with E-state index >= 15 is 0 Å². The zero-order valence-corrected chi connectivity index (χ0v) is 14.1. The first kappa shape index (κ1) is 20.1. The van der Waals surface area contributed by atoms with Crippen LogP contribution in [0.25, 0.3) is 0 Å². The monoisotopic (exact) mass is 320 g/mol. The number of piperazine rings is 1. The fourth-order valence-corrected chi connectivity index (χ4v) is 1.93. The minimum Gasteiger partial charge on any atom is -0.355 e. The zero-order valence-electron chi connectivity index (χ0n) is 13.3. The van der Waals surface area contributed by atoms with Gasteiger partial charge in [-0.3, -0.25) is 14.5 Å². The Morgan fingerprint density at radius 1 is 1.10 bits per heavy atom. The second-order valence-electron chi connectivity index (χ2n) is 6.20. The fraction of sp³-hybridized carbons (Fsp3) is 0.857. The Kier molecular flexibility index (Phi) is 9.57. The number of nitrogens with one attached hydrogen (secondary N) is 3. The molecule has 1 aliphatic heterocycles. The van der Waals surface area contributed by atoms with Gasteiger partial charge in [0.15, 0.2) is 0 Å². The first-order chi connectivity index (χ1) is 9.39. The van der Waals surface area contributed by atoms with Crippen molar-refractivity contribution in [2.75, 3.05) is 45.8 Å². The minimum atomic E-state index is -0.404. The van der Waals surface area contributed by atoms with Gasteiger partial charge in [0, 0.05) is 57.6 Å². The van der Waals surface area contributed by atoms with Crippen molar-refractivity contribution in [1.29, 1.82) is 0 Å². The van der Waals surface area contributed by atoms with E-state index in [4.69, 9.17) is 0 Å². The third kappa shape index (κ3) is 8.90. The highest BCUT2D eigenvalue weighted by molar-refractivity contribution is 5.85. The van der Waals surface area contributed by atoms with Crippen molar-refractivity contribution in [3.05, 3.63) is 0 Å². The van der Waals surface area contributed by atoms with E-state index in [1.165, 1.54) is 0 Å². The second kappa shape index (κ2) is 9.97. The van der Waals surface area contributed by atoms with Gasteiger partial charge in [0.25, 0.3) is 0 Å². The van der Waals surface area contributed by atoms with E-state index in [1.807, 2.05) is 20.8 Å². The molecule has 21 heavy (non-hydrogen) atoms. The summed E-state index contributed by atoms with van der Waals surface area (Å²) in [5.41, 5.74) is -0.404. The lowest BCUT2D eigenvalue weighted by Gasteiger charge is -2.27. The van der Waals surface area contributed by atoms with E-state index in [1.54, 1.807) is 0 Å². The highest BCUT2D eigenvalue weighted by Gasteiger charge is 2.20. The van der Waals surface area contributed by atoms with Gasteiger partial charge in [-0.25, -0.2) is 0 Å². The molecule has 1 heterocycles. The summed E-state index contributed by atoms with van der Waals surface area (Å²) < 4.78 is 0. The Morgan fingerprint density at radius 2 is 1.71 bits per heavy atom. The number of amides is 2. The number of halogens is 1. The first-order valence-corrected chi connectivity index (χ1v) is 7.37. The van der Waals surface area contributed by atoms with Gasteiger partial charge in [0.2, 0.25) is 11.8 Å². The molecule has 0 saturated carbocycles. The first-order valence-electron chi connectivity index (χ1n) is 7.37. The van der Waals surface area contributed by atoms with Gasteiger partial charge in [-0.1, -0.05) is 20.8 Å². The Bertz CT molecular complexity index is 325. The SMILES string of the molecule is CC(C)(C)C(=O)NCCC(=O)NCCN1CCNCC1.Cl. The average Bonchev–Trinajstić information content (AvgIpc) is 2.38. The molecule has 7 heteroatoms. The van der Waals surface area contributed by atoms with Gasteiger partial charge < -0.3 is 16.0 Å². The summed E-state index contributed by atoms with van der Waals surface area (Å²) in [5.74, 6) is -0.0274. The van der Waals surface area contributed by atoms with Gasteiger partial charge in [0.05, 0.1) is 0 Å². The number of nitrogens with zero attached hydrogens (tertiary/aromatic N) is 1. The molecule has 0 bridgehead atoms. The maximum atomic E-state index is 11.6. The number of hydrogen-bond acceptors (Lipinski definition) is 4. The molecule has 124 valence electrons. The predicted molar refractivity (Wildman–Crippen MR) is 86.6 cm³/mol. The minimum absolute atomic E-state index is 0. The molecule has 0 aromatic carbocycles. The van der Waals surface area contributed by atoms with Crippen LogP contribution >= 0.6 is 12.4 Å². The molecule has 2 amide bonds. The van der Waals surface area contributed by atoms with Crippen LogP contribution in [0.1, 0.15) is 27.2 Å². The van der Waals surface area contributed by atoms with Crippen molar-refractivity contribution < 1.29 is 9.59 Å². The molecule has 0 aromatic rings. The quantitative estimate of drug-likeness (QED) is 0.643. The van der Waals surface area contributed by atoms with E-state index in [0.29, 0.717) is 19.5 Å². The molecule has 0 aromatic heterocycles. The molecule has 0 atom stereocenters. The topological polar surface area (TPSA) is 73.5 Å². The van der Waals surface area contributed by atoms with Crippen molar-refractivity contribution >= 4 is 24.2 Å². The van der Waals surface area contributed by atoms with Crippen molar-refractivity contribution in [3.63, 3.8) is 0 Å². The lowest BCUT2D eigenvalue weighted by Crippen LogP contribution is -2.46. The lowest BCUT2D eigenvalue weighted by molar-refractivity contribution is -0.128. The molecule has 0 spiro atoms. The summed E-state index contributed by atoms with van der Waals surface area (Å²) in [6.45, 7) is 11.7. The Labute approximate surface area is 133 Å². The van der Waals surface area contributed by atoms with Crippen LogP contribution in [0.5, 0.6) is 0 Å². The van der Waals surface area contributed by atoms with Gasteiger partial charge in [-0.05, 0) is 0 Å². The number of carbonyl (C=O) groups excluding carboxylic acids is 2. The molecular formula is C14H29ClN4O2. The van der Waals surface area contributed by atoms with Crippen molar-refractivity contribution in [3.8, 4) is 0 Å². The van der Waals surface area contributed by atoms with Crippen LogP contribution in [0.3, 0.4) is 0 Å². The van der Waals surface area contributed by atoms with Gasteiger partial charge in [-0.2, -0.15) is 0 Å². The van der Waals surface area contributed by atoms with Crippen molar-refractivity contribution in [2.45, 2.75) is 27.2 Å². The number of hydrogen-bond donors (Lipinski definition) is 3. The largest absolute Gasteiger partial charge is 0.355 e. The molecule has 1 rings (SSSR count). The standard InChI is InChI=1S/C14H28N4O2.ClH/c1-14(2,3)13(20)17-5-4-12(19)16-8-11-18-9-6-15-7-10-18;/h15H,4-11H2,1-3H3,(H,16,19)(H,17,20);1H. The third-order valence-electron chi connectivity index (χ3n) is 3.28. The van der Waals surface area contributed by atoms with Gasteiger partial charge >= 0.3 is 0 Å². The van der Waals surface area contributed by atoms with Crippen LogP contribution in [-0.4, -0.2) is 62.5 Å². The van der Waals surface area contributed by atoms with Crippen LogP contribution in [0.4, 0.5) is 0 Å². The van der Waals surface area contributed by atoms with Crippen LogP contribution < -0.4 is 16.0 Å². The van der Waals surface area contributed by atoms with E-state index < -0.39 is 5.41 Å². The molecule has 0 aliphatic carbocycles. The lowest BCUT2D eigenvalue weighted by atomic mass is 9.96. The number of rotatable bonds is 6. The average molecular weight is 321 g/mol. The molecule has 3 N–H and O–H groups in total. The Hall–Kier alpha value is -0.850. The molecule has 1 fully saturated rings. The van der Waals surface area contributed by atoms with Gasteiger partial charge in [-0.15, -0.1) is 12.4 Å². The summed E-state index contributed by atoms with van der Waals surface area (Å²) in [6, 6.07) is 0. The van der Waals surface area contributed by atoms with Crippen LogP contribution in [0.2, 0.25) is 0 Å². The highest BCUT2D eigenvalue weighted by atomic mass is 35.5. The predicted octanol–water partition coefficient (Wildman–Crippen LogP) is -0.0180. The smallest absolute Gasteiger partial charge is 0.225 e. The summed E-state index contributed by atoms with van der Waals surface area (Å²) in [7, 11) is 0. The van der Waals surface area contributed by atoms with E-state index in [0.717, 1.165) is 32.7 Å².